The van der Waals surface area contributed by atoms with Gasteiger partial charge in [0.1, 0.15) is 0 Å². The largest absolute Gasteiger partial charge is 0.334 e. The van der Waals surface area contributed by atoms with Gasteiger partial charge in [0.15, 0.2) is 5.82 Å². The molecular formula is C10H15N3O. The Labute approximate surface area is 83.4 Å². The molecule has 1 aromatic heterocycles. The molecule has 76 valence electrons. The predicted octanol–water partition coefficient (Wildman–Crippen LogP) is 1.57. The van der Waals surface area contributed by atoms with E-state index < -0.39 is 0 Å². The molecule has 0 amide bonds. The molecule has 1 saturated heterocycles. The van der Waals surface area contributed by atoms with Crippen molar-refractivity contribution in [3.8, 4) is 0 Å². The fraction of sp³-hybridized carbons (Fsp3) is 0.600. The van der Waals surface area contributed by atoms with E-state index in [2.05, 4.69) is 22.0 Å². The van der Waals surface area contributed by atoms with Crippen molar-refractivity contribution in [2.75, 3.05) is 13.1 Å². The summed E-state index contributed by atoms with van der Waals surface area (Å²) in [4.78, 5) is 4.33. The van der Waals surface area contributed by atoms with Crippen molar-refractivity contribution in [2.45, 2.75) is 25.7 Å². The van der Waals surface area contributed by atoms with Gasteiger partial charge in [0.05, 0.1) is 0 Å². The Morgan fingerprint density at radius 2 is 2.21 bits per heavy atom. The van der Waals surface area contributed by atoms with Gasteiger partial charge >= 0.3 is 0 Å². The predicted molar refractivity (Wildman–Crippen MR) is 53.9 cm³/mol. The van der Waals surface area contributed by atoms with Crippen molar-refractivity contribution < 1.29 is 4.52 Å². The third kappa shape index (κ3) is 1.85. The molecule has 1 fully saturated rings. The topological polar surface area (TPSA) is 51.0 Å². The van der Waals surface area contributed by atoms with Crippen LogP contribution in [0.3, 0.4) is 0 Å². The highest BCUT2D eigenvalue weighted by Crippen LogP contribution is 2.23. The molecule has 0 aromatic carbocycles. The lowest BCUT2D eigenvalue weighted by Gasteiger charge is -2.18. The van der Waals surface area contributed by atoms with Crippen molar-refractivity contribution in [1.29, 1.82) is 0 Å². The average molecular weight is 193 g/mol. The van der Waals surface area contributed by atoms with Crippen LogP contribution in [0.4, 0.5) is 0 Å². The molecule has 1 aromatic rings. The van der Waals surface area contributed by atoms with Crippen molar-refractivity contribution in [1.82, 2.24) is 15.5 Å². The standard InChI is InChI=1S/C10H15N3O/c1-7(2)10-12-9(13-14-10)8-3-5-11-6-4-8/h8,11H,1,3-6H2,2H3. The molecular weight excluding hydrogens is 178 g/mol. The maximum absolute atomic E-state index is 5.10. The first-order valence-electron chi connectivity index (χ1n) is 4.97. The Hall–Kier alpha value is -1.16. The highest BCUT2D eigenvalue weighted by Gasteiger charge is 2.20. The van der Waals surface area contributed by atoms with Gasteiger partial charge in [0.2, 0.25) is 0 Å². The normalized spacial score (nSPS) is 18.4. The average Bonchev–Trinajstić information content (AvgIpc) is 2.68. The summed E-state index contributed by atoms with van der Waals surface area (Å²) in [6.45, 7) is 7.74. The quantitative estimate of drug-likeness (QED) is 0.774. The maximum Gasteiger partial charge on any atom is 0.252 e. The molecule has 2 heterocycles. The van der Waals surface area contributed by atoms with Crippen LogP contribution in [-0.2, 0) is 0 Å². The van der Waals surface area contributed by atoms with Crippen LogP contribution >= 0.6 is 0 Å². The lowest BCUT2D eigenvalue weighted by molar-refractivity contribution is 0.379. The van der Waals surface area contributed by atoms with E-state index in [1.807, 2.05) is 6.92 Å². The summed E-state index contributed by atoms with van der Waals surface area (Å²) in [6, 6.07) is 0. The minimum absolute atomic E-state index is 0.452. The van der Waals surface area contributed by atoms with E-state index in [4.69, 9.17) is 4.52 Å². The van der Waals surface area contributed by atoms with Crippen LogP contribution in [0.15, 0.2) is 11.1 Å². The van der Waals surface area contributed by atoms with Gasteiger partial charge in [-0.25, -0.2) is 0 Å². The lowest BCUT2D eigenvalue weighted by atomic mass is 9.98. The number of rotatable bonds is 2. The molecule has 0 spiro atoms. The number of hydrogen-bond donors (Lipinski definition) is 1. The number of piperidine rings is 1. The molecule has 1 N–H and O–H groups in total. The SMILES string of the molecule is C=C(C)c1nc(C2CCNCC2)no1. The zero-order chi connectivity index (χ0) is 9.97. The van der Waals surface area contributed by atoms with Gasteiger partial charge in [0.25, 0.3) is 5.89 Å². The Kier molecular flexibility index (Phi) is 2.63. The van der Waals surface area contributed by atoms with E-state index in [0.717, 1.165) is 37.3 Å². The summed E-state index contributed by atoms with van der Waals surface area (Å²) in [6.07, 6.45) is 2.18. The molecule has 4 heteroatoms. The Balaban J connectivity index is 2.11. The third-order valence-corrected chi connectivity index (χ3v) is 2.51. The second-order valence-corrected chi connectivity index (χ2v) is 3.76. The van der Waals surface area contributed by atoms with Gasteiger partial charge < -0.3 is 9.84 Å². The first-order chi connectivity index (χ1) is 6.77. The van der Waals surface area contributed by atoms with Gasteiger partial charge in [-0.05, 0) is 32.9 Å². The van der Waals surface area contributed by atoms with Crippen LogP contribution in [-0.4, -0.2) is 23.2 Å². The van der Waals surface area contributed by atoms with Gasteiger partial charge in [-0.15, -0.1) is 0 Å². The molecule has 0 atom stereocenters. The summed E-state index contributed by atoms with van der Waals surface area (Å²) in [5.41, 5.74) is 0.831. The van der Waals surface area contributed by atoms with Crippen molar-refractivity contribution in [3.05, 3.63) is 18.3 Å². The Morgan fingerprint density at radius 1 is 1.50 bits per heavy atom. The highest BCUT2D eigenvalue weighted by molar-refractivity contribution is 5.52. The van der Waals surface area contributed by atoms with E-state index in [0.29, 0.717) is 11.8 Å². The number of nitrogens with one attached hydrogen (secondary N) is 1. The van der Waals surface area contributed by atoms with E-state index in [1.54, 1.807) is 0 Å². The second kappa shape index (κ2) is 3.92. The van der Waals surface area contributed by atoms with Crippen molar-refractivity contribution >= 4 is 5.57 Å². The maximum atomic E-state index is 5.10. The number of hydrogen-bond acceptors (Lipinski definition) is 4. The molecule has 14 heavy (non-hydrogen) atoms. The first-order valence-corrected chi connectivity index (χ1v) is 4.97. The van der Waals surface area contributed by atoms with Crippen LogP contribution < -0.4 is 5.32 Å². The minimum atomic E-state index is 0.452. The lowest BCUT2D eigenvalue weighted by Crippen LogP contribution is -2.27. The van der Waals surface area contributed by atoms with Crippen LogP contribution in [0.25, 0.3) is 5.57 Å². The van der Waals surface area contributed by atoms with E-state index in [-0.39, 0.29) is 0 Å². The third-order valence-electron chi connectivity index (χ3n) is 2.51. The molecule has 1 aliphatic heterocycles. The zero-order valence-electron chi connectivity index (χ0n) is 8.42. The molecule has 0 aliphatic carbocycles. The van der Waals surface area contributed by atoms with Gasteiger partial charge in [0, 0.05) is 11.5 Å². The Morgan fingerprint density at radius 3 is 2.79 bits per heavy atom. The van der Waals surface area contributed by atoms with Crippen LogP contribution in [0.5, 0.6) is 0 Å². The van der Waals surface area contributed by atoms with Crippen LogP contribution in [0.1, 0.15) is 37.4 Å². The smallest absolute Gasteiger partial charge is 0.252 e. The number of nitrogens with zero attached hydrogens (tertiary/aromatic N) is 2. The van der Waals surface area contributed by atoms with Gasteiger partial charge in [-0.2, -0.15) is 4.98 Å². The fourth-order valence-corrected chi connectivity index (χ4v) is 1.65. The summed E-state index contributed by atoms with van der Waals surface area (Å²) in [7, 11) is 0. The van der Waals surface area contributed by atoms with Crippen LogP contribution in [0.2, 0.25) is 0 Å². The number of aromatic nitrogens is 2. The number of allylic oxidation sites excluding steroid dienone is 1. The summed E-state index contributed by atoms with van der Waals surface area (Å²) in [5, 5.41) is 7.30. The molecule has 0 saturated carbocycles. The first kappa shape index (κ1) is 9.40. The molecule has 1 aliphatic rings. The second-order valence-electron chi connectivity index (χ2n) is 3.76. The molecule has 2 rings (SSSR count). The van der Waals surface area contributed by atoms with E-state index in [1.165, 1.54) is 0 Å². The van der Waals surface area contributed by atoms with Crippen molar-refractivity contribution in [3.63, 3.8) is 0 Å². The summed E-state index contributed by atoms with van der Waals surface area (Å²) >= 11 is 0. The summed E-state index contributed by atoms with van der Waals surface area (Å²) < 4.78 is 5.10. The van der Waals surface area contributed by atoms with E-state index in [9.17, 15) is 0 Å². The highest BCUT2D eigenvalue weighted by atomic mass is 16.5. The van der Waals surface area contributed by atoms with Gasteiger partial charge in [-0.3, -0.25) is 0 Å². The Bertz CT molecular complexity index is 326. The molecule has 4 nitrogen and oxygen atoms in total. The monoisotopic (exact) mass is 193 g/mol. The fourth-order valence-electron chi connectivity index (χ4n) is 1.65. The van der Waals surface area contributed by atoms with E-state index >= 15 is 0 Å². The van der Waals surface area contributed by atoms with Crippen LogP contribution in [0, 0.1) is 0 Å². The van der Waals surface area contributed by atoms with Gasteiger partial charge in [-0.1, -0.05) is 11.7 Å². The summed E-state index contributed by atoms with van der Waals surface area (Å²) in [5.74, 6) is 1.86. The zero-order valence-corrected chi connectivity index (χ0v) is 8.42. The molecule has 0 radical (unpaired) electrons. The molecule has 0 unspecified atom stereocenters. The van der Waals surface area contributed by atoms with Crippen molar-refractivity contribution in [2.24, 2.45) is 0 Å². The minimum Gasteiger partial charge on any atom is -0.334 e. The molecule has 0 bridgehead atoms.